The molecule has 0 fully saturated rings. The number of aryl methyl sites for hydroxylation is 2. The molecule has 0 saturated heterocycles. The van der Waals surface area contributed by atoms with Crippen molar-refractivity contribution >= 4 is 18.3 Å². The van der Waals surface area contributed by atoms with Crippen LogP contribution < -0.4 is 10.6 Å². The SMILES string of the molecule is Cc1nc(CCNC(=O)c2cn3c(n2)CCNCC3)nc2c1CCCC2.Cl. The number of hydrogen-bond donors (Lipinski definition) is 2. The van der Waals surface area contributed by atoms with Crippen LogP contribution in [0.1, 0.15) is 51.9 Å². The highest BCUT2D eigenvalue weighted by atomic mass is 35.5. The average Bonchev–Trinajstić information content (AvgIpc) is 2.93. The molecule has 0 bridgehead atoms. The first-order valence-electron chi connectivity index (χ1n) is 9.61. The van der Waals surface area contributed by atoms with Gasteiger partial charge in [-0.3, -0.25) is 4.79 Å². The Morgan fingerprint density at radius 1 is 1.19 bits per heavy atom. The van der Waals surface area contributed by atoms with Crippen LogP contribution in [0.2, 0.25) is 0 Å². The lowest BCUT2D eigenvalue weighted by Gasteiger charge is -2.17. The predicted octanol–water partition coefficient (Wildman–Crippen LogP) is 1.40. The Bertz CT molecular complexity index is 795. The number of rotatable bonds is 4. The van der Waals surface area contributed by atoms with Crippen molar-refractivity contribution in [2.45, 2.75) is 52.0 Å². The number of carbonyl (C=O) groups excluding carboxylic acids is 1. The van der Waals surface area contributed by atoms with E-state index in [0.717, 1.165) is 56.2 Å². The van der Waals surface area contributed by atoms with Crippen LogP contribution in [0.15, 0.2) is 6.20 Å². The minimum absolute atomic E-state index is 0. The van der Waals surface area contributed by atoms with Gasteiger partial charge in [0.1, 0.15) is 17.3 Å². The number of amides is 1. The highest BCUT2D eigenvalue weighted by molar-refractivity contribution is 5.92. The number of imidazole rings is 1. The Morgan fingerprint density at radius 3 is 2.93 bits per heavy atom. The van der Waals surface area contributed by atoms with Crippen molar-refractivity contribution in [1.82, 2.24) is 30.2 Å². The highest BCUT2D eigenvalue weighted by Gasteiger charge is 2.17. The second kappa shape index (κ2) is 8.80. The Hall–Kier alpha value is -1.99. The summed E-state index contributed by atoms with van der Waals surface area (Å²) >= 11 is 0. The van der Waals surface area contributed by atoms with Crippen molar-refractivity contribution < 1.29 is 4.79 Å². The van der Waals surface area contributed by atoms with Crippen LogP contribution in [0.3, 0.4) is 0 Å². The van der Waals surface area contributed by atoms with E-state index in [4.69, 9.17) is 4.98 Å². The van der Waals surface area contributed by atoms with Crippen LogP contribution in [0.25, 0.3) is 0 Å². The molecule has 1 aliphatic heterocycles. The summed E-state index contributed by atoms with van der Waals surface area (Å²) in [4.78, 5) is 26.2. The first-order chi connectivity index (χ1) is 12.7. The topological polar surface area (TPSA) is 84.7 Å². The van der Waals surface area contributed by atoms with Gasteiger partial charge in [0.25, 0.3) is 5.91 Å². The Labute approximate surface area is 165 Å². The van der Waals surface area contributed by atoms with E-state index in [9.17, 15) is 4.79 Å². The van der Waals surface area contributed by atoms with Crippen molar-refractivity contribution in [3.8, 4) is 0 Å². The summed E-state index contributed by atoms with van der Waals surface area (Å²) in [7, 11) is 0. The summed E-state index contributed by atoms with van der Waals surface area (Å²) in [6.07, 6.45) is 7.95. The molecule has 7 nitrogen and oxygen atoms in total. The van der Waals surface area contributed by atoms with Crippen molar-refractivity contribution in [2.75, 3.05) is 19.6 Å². The lowest BCUT2D eigenvalue weighted by Crippen LogP contribution is -2.27. The van der Waals surface area contributed by atoms with Crippen LogP contribution >= 0.6 is 12.4 Å². The smallest absolute Gasteiger partial charge is 0.271 e. The molecule has 0 saturated carbocycles. The van der Waals surface area contributed by atoms with E-state index < -0.39 is 0 Å². The number of nitrogens with one attached hydrogen (secondary N) is 2. The van der Waals surface area contributed by atoms with Gasteiger partial charge < -0.3 is 15.2 Å². The molecule has 4 rings (SSSR count). The zero-order valence-electron chi connectivity index (χ0n) is 15.8. The van der Waals surface area contributed by atoms with E-state index in [1.54, 1.807) is 0 Å². The van der Waals surface area contributed by atoms with Gasteiger partial charge in [-0.2, -0.15) is 0 Å². The number of aromatic nitrogens is 4. The van der Waals surface area contributed by atoms with Gasteiger partial charge in [-0.1, -0.05) is 0 Å². The van der Waals surface area contributed by atoms with Crippen LogP contribution in [0, 0.1) is 6.92 Å². The lowest BCUT2D eigenvalue weighted by molar-refractivity contribution is 0.0949. The van der Waals surface area contributed by atoms with Crippen LogP contribution in [-0.4, -0.2) is 45.1 Å². The third-order valence-electron chi connectivity index (χ3n) is 5.22. The van der Waals surface area contributed by atoms with Crippen molar-refractivity contribution in [3.05, 3.63) is 40.5 Å². The van der Waals surface area contributed by atoms with E-state index in [0.29, 0.717) is 18.7 Å². The number of nitrogens with zero attached hydrogens (tertiary/aromatic N) is 4. The van der Waals surface area contributed by atoms with Crippen LogP contribution in [0.5, 0.6) is 0 Å². The normalized spacial score (nSPS) is 15.9. The molecule has 2 aliphatic rings. The van der Waals surface area contributed by atoms with Gasteiger partial charge in [-0.05, 0) is 38.2 Å². The average molecular weight is 391 g/mol. The molecule has 0 radical (unpaired) electrons. The number of halogens is 1. The second-order valence-corrected chi connectivity index (χ2v) is 7.10. The molecule has 0 atom stereocenters. The fraction of sp³-hybridized carbons (Fsp3) is 0.579. The molecule has 3 heterocycles. The summed E-state index contributed by atoms with van der Waals surface area (Å²) in [5.41, 5.74) is 4.14. The molecular weight excluding hydrogens is 364 g/mol. The maximum Gasteiger partial charge on any atom is 0.271 e. The molecule has 27 heavy (non-hydrogen) atoms. The molecule has 2 aromatic rings. The van der Waals surface area contributed by atoms with E-state index in [1.165, 1.54) is 24.1 Å². The molecule has 2 N–H and O–H groups in total. The van der Waals surface area contributed by atoms with E-state index in [-0.39, 0.29) is 18.3 Å². The van der Waals surface area contributed by atoms with Gasteiger partial charge in [-0.15, -0.1) is 12.4 Å². The summed E-state index contributed by atoms with van der Waals surface area (Å²) in [5.74, 6) is 1.69. The van der Waals surface area contributed by atoms with Crippen molar-refractivity contribution in [1.29, 1.82) is 0 Å². The fourth-order valence-electron chi connectivity index (χ4n) is 3.82. The first kappa shape index (κ1) is 19.8. The van der Waals surface area contributed by atoms with Crippen molar-refractivity contribution in [2.24, 2.45) is 0 Å². The molecule has 1 amide bonds. The molecule has 1 aliphatic carbocycles. The van der Waals surface area contributed by atoms with Gasteiger partial charge in [0.15, 0.2) is 0 Å². The molecule has 8 heteroatoms. The lowest BCUT2D eigenvalue weighted by atomic mass is 9.95. The van der Waals surface area contributed by atoms with Crippen LogP contribution in [-0.2, 0) is 32.2 Å². The molecule has 0 spiro atoms. The minimum Gasteiger partial charge on any atom is -0.350 e. The first-order valence-corrected chi connectivity index (χ1v) is 9.61. The van der Waals surface area contributed by atoms with Gasteiger partial charge in [-0.25, -0.2) is 15.0 Å². The molecule has 0 aromatic carbocycles. The zero-order valence-corrected chi connectivity index (χ0v) is 16.6. The van der Waals surface area contributed by atoms with Crippen LogP contribution in [0.4, 0.5) is 0 Å². The second-order valence-electron chi connectivity index (χ2n) is 7.10. The van der Waals surface area contributed by atoms with E-state index >= 15 is 0 Å². The summed E-state index contributed by atoms with van der Waals surface area (Å²) in [6.45, 7) is 5.28. The third kappa shape index (κ3) is 4.47. The Kier molecular flexibility index (Phi) is 6.44. The highest BCUT2D eigenvalue weighted by Crippen LogP contribution is 2.21. The zero-order chi connectivity index (χ0) is 17.9. The number of fused-ring (bicyclic) bond motifs is 2. The third-order valence-corrected chi connectivity index (χ3v) is 5.22. The van der Waals surface area contributed by atoms with Gasteiger partial charge >= 0.3 is 0 Å². The number of hydrogen-bond acceptors (Lipinski definition) is 5. The summed E-state index contributed by atoms with van der Waals surface area (Å²) in [6, 6.07) is 0. The Morgan fingerprint density at radius 2 is 2.04 bits per heavy atom. The molecule has 146 valence electrons. The quantitative estimate of drug-likeness (QED) is 0.824. The maximum atomic E-state index is 12.4. The van der Waals surface area contributed by atoms with E-state index in [2.05, 4.69) is 32.1 Å². The van der Waals surface area contributed by atoms with E-state index in [1.807, 2.05) is 6.20 Å². The number of carbonyl (C=O) groups is 1. The summed E-state index contributed by atoms with van der Waals surface area (Å²) in [5, 5.41) is 6.29. The predicted molar refractivity (Wildman–Crippen MR) is 105 cm³/mol. The monoisotopic (exact) mass is 390 g/mol. The standard InChI is InChI=1S/C19H26N6O.ClH/c1-13-14-4-2-3-5-15(14)23-17(22-13)6-9-21-19(26)16-12-25-11-10-20-8-7-18(25)24-16;/h12,20H,2-11H2,1H3,(H,21,26);1H. The molecule has 0 unspecified atom stereocenters. The molecule has 2 aromatic heterocycles. The van der Waals surface area contributed by atoms with Crippen molar-refractivity contribution in [3.63, 3.8) is 0 Å². The minimum atomic E-state index is -0.117. The Balaban J connectivity index is 0.00000210. The van der Waals surface area contributed by atoms with Gasteiger partial charge in [0, 0.05) is 56.6 Å². The largest absolute Gasteiger partial charge is 0.350 e. The van der Waals surface area contributed by atoms with Gasteiger partial charge in [0.2, 0.25) is 0 Å². The fourth-order valence-corrected chi connectivity index (χ4v) is 3.82. The summed E-state index contributed by atoms with van der Waals surface area (Å²) < 4.78 is 2.07. The maximum absolute atomic E-state index is 12.4. The van der Waals surface area contributed by atoms with Gasteiger partial charge in [0.05, 0.1) is 0 Å². The molecular formula is C19H27ClN6O.